The van der Waals surface area contributed by atoms with Crippen molar-refractivity contribution in [2.45, 2.75) is 25.3 Å². The summed E-state index contributed by atoms with van der Waals surface area (Å²) >= 11 is 3.38. The van der Waals surface area contributed by atoms with E-state index in [1.807, 2.05) is 24.4 Å². The summed E-state index contributed by atoms with van der Waals surface area (Å²) in [5.41, 5.74) is 8.58. The number of hydrogen-bond acceptors (Lipinski definition) is 2. The Balaban J connectivity index is 2.03. The molecule has 0 aliphatic rings. The minimum atomic E-state index is 0.0843. The van der Waals surface area contributed by atoms with Crippen molar-refractivity contribution in [1.29, 1.82) is 0 Å². The maximum atomic E-state index is 6.27. The third kappa shape index (κ3) is 3.40. The van der Waals surface area contributed by atoms with E-state index in [2.05, 4.69) is 52.1 Å². The maximum Gasteiger partial charge on any atom is 0.0420 e. The first-order chi connectivity index (χ1) is 8.66. The lowest BCUT2D eigenvalue weighted by molar-refractivity contribution is 0.558. The van der Waals surface area contributed by atoms with Crippen LogP contribution >= 0.6 is 15.9 Å². The summed E-state index contributed by atoms with van der Waals surface area (Å²) in [5.74, 6) is 0.330. The summed E-state index contributed by atoms with van der Waals surface area (Å²) in [7, 11) is 0. The molecule has 2 rings (SSSR count). The van der Waals surface area contributed by atoms with E-state index in [1.54, 1.807) is 0 Å². The number of hydrogen-bond donors (Lipinski definition) is 1. The van der Waals surface area contributed by atoms with Crippen LogP contribution in [-0.4, -0.2) is 11.0 Å². The van der Waals surface area contributed by atoms with Gasteiger partial charge in [-0.15, -0.1) is 0 Å². The summed E-state index contributed by atoms with van der Waals surface area (Å²) < 4.78 is 0.996. The van der Waals surface area contributed by atoms with Crippen LogP contribution in [0.5, 0.6) is 0 Å². The van der Waals surface area contributed by atoms with E-state index in [0.717, 1.165) is 16.6 Å². The van der Waals surface area contributed by atoms with Crippen molar-refractivity contribution >= 4 is 15.9 Å². The molecule has 0 amide bonds. The fraction of sp³-hybridized carbons (Fsp3) is 0.267. The van der Waals surface area contributed by atoms with Crippen LogP contribution < -0.4 is 5.73 Å². The first-order valence-corrected chi connectivity index (χ1v) is 6.87. The smallest absolute Gasteiger partial charge is 0.0420 e. The Hall–Kier alpha value is -1.19. The molecule has 0 aliphatic heterocycles. The third-order valence-corrected chi connectivity index (χ3v) is 3.67. The molecule has 1 aromatic carbocycles. The lowest BCUT2D eigenvalue weighted by atomic mass is 9.91. The van der Waals surface area contributed by atoms with Gasteiger partial charge in [-0.25, -0.2) is 0 Å². The SMILES string of the molecule is CC(c1ccccc1)C(N)Cc1ccc(Br)cn1. The van der Waals surface area contributed by atoms with Gasteiger partial charge in [0.25, 0.3) is 0 Å². The molecule has 2 N–H and O–H groups in total. The second-order valence-electron chi connectivity index (χ2n) is 4.54. The molecule has 0 saturated heterocycles. The van der Waals surface area contributed by atoms with Crippen molar-refractivity contribution in [2.24, 2.45) is 5.73 Å². The summed E-state index contributed by atoms with van der Waals surface area (Å²) in [4.78, 5) is 4.37. The Morgan fingerprint density at radius 2 is 1.89 bits per heavy atom. The summed E-state index contributed by atoms with van der Waals surface area (Å²) in [5, 5.41) is 0. The lowest BCUT2D eigenvalue weighted by Gasteiger charge is -2.20. The van der Waals surface area contributed by atoms with Gasteiger partial charge in [-0.2, -0.15) is 0 Å². The molecule has 2 nitrogen and oxygen atoms in total. The Morgan fingerprint density at radius 3 is 2.50 bits per heavy atom. The number of nitrogens with two attached hydrogens (primary N) is 1. The van der Waals surface area contributed by atoms with Gasteiger partial charge in [-0.1, -0.05) is 37.3 Å². The molecule has 0 radical (unpaired) electrons. The van der Waals surface area contributed by atoms with E-state index in [0.29, 0.717) is 5.92 Å². The van der Waals surface area contributed by atoms with Crippen LogP contribution in [0.3, 0.4) is 0 Å². The molecule has 1 heterocycles. The van der Waals surface area contributed by atoms with Crippen molar-refractivity contribution in [3.05, 3.63) is 64.4 Å². The van der Waals surface area contributed by atoms with Crippen LogP contribution in [0.2, 0.25) is 0 Å². The molecule has 3 heteroatoms. The predicted molar refractivity (Wildman–Crippen MR) is 78.5 cm³/mol. The Bertz CT molecular complexity index is 482. The second kappa shape index (κ2) is 6.12. The van der Waals surface area contributed by atoms with E-state index < -0.39 is 0 Å². The number of nitrogens with zero attached hydrogens (tertiary/aromatic N) is 1. The highest BCUT2D eigenvalue weighted by atomic mass is 79.9. The average Bonchev–Trinajstić information content (AvgIpc) is 2.41. The van der Waals surface area contributed by atoms with Crippen LogP contribution in [0.15, 0.2) is 53.1 Å². The predicted octanol–water partition coefficient (Wildman–Crippen LogP) is 3.52. The standard InChI is InChI=1S/C15H17BrN2/c1-11(12-5-3-2-4-6-12)15(17)9-14-8-7-13(16)10-18-14/h2-8,10-11,15H,9,17H2,1H3. The number of pyridine rings is 1. The molecular formula is C15H17BrN2. The largest absolute Gasteiger partial charge is 0.327 e. The van der Waals surface area contributed by atoms with Crippen LogP contribution in [0.4, 0.5) is 0 Å². The molecule has 18 heavy (non-hydrogen) atoms. The molecular weight excluding hydrogens is 288 g/mol. The van der Waals surface area contributed by atoms with Gasteiger partial charge in [0.15, 0.2) is 0 Å². The number of halogens is 1. The highest BCUT2D eigenvalue weighted by Crippen LogP contribution is 2.20. The number of benzene rings is 1. The van der Waals surface area contributed by atoms with Crippen molar-refractivity contribution in [1.82, 2.24) is 4.98 Å². The zero-order valence-corrected chi connectivity index (χ0v) is 12.0. The fourth-order valence-corrected chi connectivity index (χ4v) is 2.18. The Kier molecular flexibility index (Phi) is 4.50. The molecule has 2 atom stereocenters. The summed E-state index contributed by atoms with van der Waals surface area (Å²) in [6.45, 7) is 2.17. The molecule has 1 aromatic heterocycles. The van der Waals surface area contributed by atoms with Gasteiger partial charge in [0.2, 0.25) is 0 Å². The van der Waals surface area contributed by atoms with Gasteiger partial charge in [-0.3, -0.25) is 4.98 Å². The van der Waals surface area contributed by atoms with E-state index in [9.17, 15) is 0 Å². The quantitative estimate of drug-likeness (QED) is 0.938. The fourth-order valence-electron chi connectivity index (χ4n) is 1.95. The van der Waals surface area contributed by atoms with E-state index >= 15 is 0 Å². The van der Waals surface area contributed by atoms with Gasteiger partial charge in [0.1, 0.15) is 0 Å². The maximum absolute atomic E-state index is 6.27. The highest BCUT2D eigenvalue weighted by molar-refractivity contribution is 9.10. The van der Waals surface area contributed by atoms with Crippen LogP contribution in [-0.2, 0) is 6.42 Å². The first-order valence-electron chi connectivity index (χ1n) is 6.08. The minimum absolute atomic E-state index is 0.0843. The first kappa shape index (κ1) is 13.2. The summed E-state index contributed by atoms with van der Waals surface area (Å²) in [6.07, 6.45) is 2.61. The molecule has 2 unspecified atom stereocenters. The van der Waals surface area contributed by atoms with Gasteiger partial charge >= 0.3 is 0 Å². The topological polar surface area (TPSA) is 38.9 Å². The van der Waals surface area contributed by atoms with Crippen molar-refractivity contribution in [3.63, 3.8) is 0 Å². The van der Waals surface area contributed by atoms with Crippen molar-refractivity contribution < 1.29 is 0 Å². The zero-order valence-electron chi connectivity index (χ0n) is 10.4. The Morgan fingerprint density at radius 1 is 1.17 bits per heavy atom. The molecule has 94 valence electrons. The number of rotatable bonds is 4. The van der Waals surface area contributed by atoms with Crippen molar-refractivity contribution in [3.8, 4) is 0 Å². The van der Waals surface area contributed by atoms with E-state index in [1.165, 1.54) is 5.56 Å². The van der Waals surface area contributed by atoms with Gasteiger partial charge < -0.3 is 5.73 Å². The van der Waals surface area contributed by atoms with Crippen LogP contribution in [0, 0.1) is 0 Å². The Labute approximate surface area is 116 Å². The average molecular weight is 305 g/mol. The van der Waals surface area contributed by atoms with Gasteiger partial charge in [0, 0.05) is 28.8 Å². The van der Waals surface area contributed by atoms with Gasteiger partial charge in [0.05, 0.1) is 0 Å². The van der Waals surface area contributed by atoms with Crippen LogP contribution in [0.1, 0.15) is 24.1 Å². The number of aromatic nitrogens is 1. The third-order valence-electron chi connectivity index (χ3n) is 3.20. The molecule has 0 spiro atoms. The molecule has 0 bridgehead atoms. The molecule has 0 aliphatic carbocycles. The van der Waals surface area contributed by atoms with E-state index in [-0.39, 0.29) is 6.04 Å². The second-order valence-corrected chi connectivity index (χ2v) is 5.45. The van der Waals surface area contributed by atoms with Gasteiger partial charge in [-0.05, 0) is 39.5 Å². The lowest BCUT2D eigenvalue weighted by Crippen LogP contribution is -2.29. The zero-order chi connectivity index (χ0) is 13.0. The molecule has 2 aromatic rings. The van der Waals surface area contributed by atoms with Crippen molar-refractivity contribution in [2.75, 3.05) is 0 Å². The molecule has 0 fully saturated rings. The highest BCUT2D eigenvalue weighted by Gasteiger charge is 2.15. The minimum Gasteiger partial charge on any atom is -0.327 e. The van der Waals surface area contributed by atoms with E-state index in [4.69, 9.17) is 5.73 Å². The monoisotopic (exact) mass is 304 g/mol. The summed E-state index contributed by atoms with van der Waals surface area (Å²) in [6, 6.07) is 14.5. The van der Waals surface area contributed by atoms with Crippen LogP contribution in [0.25, 0.3) is 0 Å². The normalized spacial score (nSPS) is 14.2. The molecule has 0 saturated carbocycles.